The second-order valence-electron chi connectivity index (χ2n) is 4.13. The van der Waals surface area contributed by atoms with Gasteiger partial charge in [-0.25, -0.2) is 0 Å². The summed E-state index contributed by atoms with van der Waals surface area (Å²) in [6.07, 6.45) is 1.62. The number of nitrogens with one attached hydrogen (secondary N) is 1. The summed E-state index contributed by atoms with van der Waals surface area (Å²) in [5.74, 6) is 0.0923. The van der Waals surface area contributed by atoms with Gasteiger partial charge in [0.25, 0.3) is 0 Å². The molecule has 88 valence electrons. The van der Waals surface area contributed by atoms with Gasteiger partial charge >= 0.3 is 0 Å². The van der Waals surface area contributed by atoms with E-state index < -0.39 is 0 Å². The number of rotatable bonds is 0. The first-order valence-corrected chi connectivity index (χ1v) is 6.93. The van der Waals surface area contributed by atoms with Gasteiger partial charge in [-0.15, -0.1) is 0 Å². The Balaban J connectivity index is 2.36. The Kier molecular flexibility index (Phi) is 2.73. The number of fused-ring (bicyclic) bond motifs is 3. The average Bonchev–Trinajstić information content (AvgIpc) is 2.69. The van der Waals surface area contributed by atoms with Gasteiger partial charge in [0.2, 0.25) is 0 Å². The fraction of sp³-hybridized carbons (Fsp3) is 0.250. The van der Waals surface area contributed by atoms with Crippen molar-refractivity contribution in [1.82, 2.24) is 4.98 Å². The summed E-state index contributed by atoms with van der Waals surface area (Å²) in [7, 11) is 0. The number of hydrogen-bond donors (Lipinski definition) is 1. The van der Waals surface area contributed by atoms with E-state index in [9.17, 15) is 4.79 Å². The first-order valence-electron chi connectivity index (χ1n) is 5.26. The van der Waals surface area contributed by atoms with Gasteiger partial charge in [0, 0.05) is 10.9 Å². The number of alkyl halides is 1. The molecule has 5 heteroatoms. The van der Waals surface area contributed by atoms with Gasteiger partial charge in [-0.2, -0.15) is 0 Å². The minimum atomic E-state index is -0.0997. The largest absolute Gasteiger partial charge is 0.352 e. The van der Waals surface area contributed by atoms with Crippen LogP contribution in [0.4, 0.5) is 0 Å². The smallest absolute Gasteiger partial charge is 0.192 e. The maximum absolute atomic E-state index is 12.0. The van der Waals surface area contributed by atoms with Crippen LogP contribution in [0.5, 0.6) is 0 Å². The summed E-state index contributed by atoms with van der Waals surface area (Å²) in [6.45, 7) is 0. The molecule has 0 spiro atoms. The van der Waals surface area contributed by atoms with Crippen molar-refractivity contribution in [3.63, 3.8) is 0 Å². The lowest BCUT2D eigenvalue weighted by Crippen LogP contribution is -2.21. The number of hydrogen-bond acceptors (Lipinski definition) is 1. The number of Topliss-reactive ketones (excluding diaryl/α,β-unsaturated/α-hetero) is 1. The number of carbonyl (C=O) groups is 1. The van der Waals surface area contributed by atoms with Gasteiger partial charge in [-0.3, -0.25) is 4.79 Å². The molecule has 0 saturated carbocycles. The number of ketones is 1. The van der Waals surface area contributed by atoms with Crippen molar-refractivity contribution < 1.29 is 4.79 Å². The normalized spacial score (nSPS) is 19.7. The molecule has 0 saturated heterocycles. The van der Waals surface area contributed by atoms with Crippen LogP contribution < -0.4 is 0 Å². The van der Waals surface area contributed by atoms with E-state index in [1.54, 1.807) is 6.07 Å². The third-order valence-corrected chi connectivity index (χ3v) is 4.81. The van der Waals surface area contributed by atoms with E-state index in [1.165, 1.54) is 0 Å². The number of halogens is 3. The van der Waals surface area contributed by atoms with Gasteiger partial charge in [-0.05, 0) is 30.5 Å². The van der Waals surface area contributed by atoms with Crippen molar-refractivity contribution in [3.8, 4) is 0 Å². The van der Waals surface area contributed by atoms with E-state index in [0.29, 0.717) is 15.7 Å². The summed E-state index contributed by atoms with van der Waals surface area (Å²) < 4.78 is 0. The minimum absolute atomic E-state index is 0.0923. The Hall–Kier alpha value is -0.510. The van der Waals surface area contributed by atoms with Gasteiger partial charge in [0.05, 0.1) is 20.6 Å². The molecule has 17 heavy (non-hydrogen) atoms. The minimum Gasteiger partial charge on any atom is -0.352 e. The van der Waals surface area contributed by atoms with Gasteiger partial charge in [0.1, 0.15) is 0 Å². The van der Waals surface area contributed by atoms with Crippen LogP contribution in [0.1, 0.15) is 22.5 Å². The molecule has 3 rings (SSSR count). The number of carbonyl (C=O) groups excluding carboxylic acids is 1. The monoisotopic (exact) mass is 331 g/mol. The average molecular weight is 333 g/mol. The van der Waals surface area contributed by atoms with E-state index in [-0.39, 0.29) is 10.6 Å². The number of H-pyrrole nitrogens is 1. The molecule has 0 fully saturated rings. The van der Waals surface area contributed by atoms with E-state index in [2.05, 4.69) is 20.9 Å². The van der Waals surface area contributed by atoms with E-state index in [4.69, 9.17) is 23.2 Å². The molecule has 1 aliphatic rings. The molecule has 1 heterocycles. The zero-order valence-electron chi connectivity index (χ0n) is 8.69. The Bertz CT molecular complexity index is 635. The second-order valence-corrected chi connectivity index (χ2v) is 6.02. The third kappa shape index (κ3) is 1.64. The first-order chi connectivity index (χ1) is 8.09. The molecule has 1 aromatic heterocycles. The maximum Gasteiger partial charge on any atom is 0.192 e. The summed E-state index contributed by atoms with van der Waals surface area (Å²) in [6, 6.07) is 3.60. The van der Waals surface area contributed by atoms with Crippen LogP contribution in [-0.2, 0) is 6.42 Å². The molecule has 1 unspecified atom stereocenters. The van der Waals surface area contributed by atoms with Crippen molar-refractivity contribution in [2.24, 2.45) is 0 Å². The summed E-state index contributed by atoms with van der Waals surface area (Å²) in [4.78, 5) is 15.1. The quantitative estimate of drug-likeness (QED) is 0.714. The van der Waals surface area contributed by atoms with Crippen LogP contribution in [0, 0.1) is 0 Å². The standard InChI is InChI=1S/C12H8BrCl2NO/c13-6-2-1-5-9-8(16-11(5)12(6)17)4-3-7(14)10(9)15/h3-4,6,16H,1-2H2. The molecule has 0 amide bonds. The van der Waals surface area contributed by atoms with E-state index >= 15 is 0 Å². The van der Waals surface area contributed by atoms with E-state index in [0.717, 1.165) is 29.3 Å². The van der Waals surface area contributed by atoms with Crippen LogP contribution in [0.25, 0.3) is 10.9 Å². The van der Waals surface area contributed by atoms with Crippen LogP contribution in [0.2, 0.25) is 10.0 Å². The molecule has 1 atom stereocenters. The SMILES string of the molecule is O=C1c2[nH]c3ccc(Cl)c(Cl)c3c2CCC1Br. The van der Waals surface area contributed by atoms with Crippen molar-refractivity contribution in [1.29, 1.82) is 0 Å². The zero-order valence-corrected chi connectivity index (χ0v) is 11.8. The molecule has 1 aromatic carbocycles. The topological polar surface area (TPSA) is 32.9 Å². The molecule has 1 N–H and O–H groups in total. The predicted molar refractivity (Wildman–Crippen MR) is 73.7 cm³/mol. The van der Waals surface area contributed by atoms with Crippen molar-refractivity contribution in [2.45, 2.75) is 17.7 Å². The maximum atomic E-state index is 12.0. The number of aryl methyl sites for hydroxylation is 1. The lowest BCUT2D eigenvalue weighted by atomic mass is 9.94. The molecule has 2 nitrogen and oxygen atoms in total. The first kappa shape index (κ1) is 11.6. The molecule has 1 aliphatic carbocycles. The molecular formula is C12H8BrCl2NO. The highest BCUT2D eigenvalue weighted by Crippen LogP contribution is 2.38. The third-order valence-electron chi connectivity index (χ3n) is 3.14. The van der Waals surface area contributed by atoms with Crippen molar-refractivity contribution >= 4 is 55.8 Å². The van der Waals surface area contributed by atoms with Gasteiger partial charge in [-0.1, -0.05) is 39.1 Å². The van der Waals surface area contributed by atoms with Crippen LogP contribution in [0.15, 0.2) is 12.1 Å². The summed E-state index contributed by atoms with van der Waals surface area (Å²) >= 11 is 15.6. The highest BCUT2D eigenvalue weighted by Gasteiger charge is 2.29. The van der Waals surface area contributed by atoms with Crippen LogP contribution in [-0.4, -0.2) is 15.6 Å². The lowest BCUT2D eigenvalue weighted by molar-refractivity contribution is 0.0977. The predicted octanol–water partition coefficient (Wildman–Crippen LogP) is 4.37. The Morgan fingerprint density at radius 3 is 2.88 bits per heavy atom. The van der Waals surface area contributed by atoms with Crippen LogP contribution >= 0.6 is 39.1 Å². The van der Waals surface area contributed by atoms with Crippen LogP contribution in [0.3, 0.4) is 0 Å². The zero-order chi connectivity index (χ0) is 12.2. The number of aromatic amines is 1. The number of benzene rings is 1. The van der Waals surface area contributed by atoms with Crippen molar-refractivity contribution in [2.75, 3.05) is 0 Å². The Labute approximate surface area is 116 Å². The molecule has 0 bridgehead atoms. The van der Waals surface area contributed by atoms with Gasteiger partial charge in [0.15, 0.2) is 5.78 Å². The Morgan fingerprint density at radius 2 is 2.12 bits per heavy atom. The fourth-order valence-electron chi connectivity index (χ4n) is 2.30. The van der Waals surface area contributed by atoms with Gasteiger partial charge < -0.3 is 4.98 Å². The fourth-order valence-corrected chi connectivity index (χ4v) is 3.20. The van der Waals surface area contributed by atoms with E-state index in [1.807, 2.05) is 6.07 Å². The second kappa shape index (κ2) is 4.01. The molecule has 2 aromatic rings. The Morgan fingerprint density at radius 1 is 1.35 bits per heavy atom. The summed E-state index contributed by atoms with van der Waals surface area (Å²) in [5.41, 5.74) is 2.53. The van der Waals surface area contributed by atoms with Crippen molar-refractivity contribution in [3.05, 3.63) is 33.4 Å². The highest BCUT2D eigenvalue weighted by molar-refractivity contribution is 9.10. The molecule has 0 radical (unpaired) electrons. The highest BCUT2D eigenvalue weighted by atomic mass is 79.9. The lowest BCUT2D eigenvalue weighted by Gasteiger charge is -2.15. The molecule has 0 aliphatic heterocycles. The molecular weight excluding hydrogens is 325 g/mol. The number of aromatic nitrogens is 1. The summed E-state index contributed by atoms with van der Waals surface area (Å²) in [5, 5.41) is 1.94.